The fourth-order valence-corrected chi connectivity index (χ4v) is 3.52. The molecule has 0 bridgehead atoms. The third-order valence-corrected chi connectivity index (χ3v) is 5.37. The first-order chi connectivity index (χ1) is 14.1. The second-order valence-electron chi connectivity index (χ2n) is 6.63. The third kappa shape index (κ3) is 6.63. The first-order valence-corrected chi connectivity index (χ1v) is 10.3. The van der Waals surface area contributed by atoms with Gasteiger partial charge in [0.05, 0.1) is 12.2 Å². The molecule has 0 aliphatic carbocycles. The van der Waals surface area contributed by atoms with E-state index in [0.29, 0.717) is 19.4 Å². The monoisotopic (exact) mass is 408 g/mol. The van der Waals surface area contributed by atoms with E-state index in [0.717, 1.165) is 21.8 Å². The van der Waals surface area contributed by atoms with Crippen LogP contribution in [0.3, 0.4) is 0 Å². The summed E-state index contributed by atoms with van der Waals surface area (Å²) >= 11 is 1.51. The quantitative estimate of drug-likeness (QED) is 0.428. The van der Waals surface area contributed by atoms with Crippen LogP contribution in [0, 0.1) is 0 Å². The number of aliphatic hydroxyl groups excluding tert-OH is 2. The Balaban J connectivity index is 1.69. The number of phenolic OH excluding ortho intramolecular Hbond substituents is 1. The molecular weight excluding hydrogens is 384 g/mol. The zero-order chi connectivity index (χ0) is 20.5. The number of aromatic hydroxyl groups is 1. The Morgan fingerprint density at radius 2 is 1.72 bits per heavy atom. The first kappa shape index (κ1) is 20.9. The Bertz CT molecular complexity index is 927. The van der Waals surface area contributed by atoms with Crippen molar-refractivity contribution in [3.63, 3.8) is 0 Å². The van der Waals surface area contributed by atoms with E-state index >= 15 is 0 Å². The molecule has 1 aromatic heterocycles. The average Bonchev–Trinajstić information content (AvgIpc) is 3.28. The largest absolute Gasteiger partial charge is 0.508 e. The Labute approximate surface area is 174 Å². The van der Waals surface area contributed by atoms with Crippen molar-refractivity contribution >= 4 is 11.3 Å². The maximum Gasteiger partial charge on any atom is 0.119 e. The van der Waals surface area contributed by atoms with E-state index in [-0.39, 0.29) is 5.75 Å². The molecule has 0 radical (unpaired) electrons. The number of para-hydroxylation sites is 1. The number of rotatable bonds is 9. The Morgan fingerprint density at radius 1 is 0.966 bits per heavy atom. The highest BCUT2D eigenvalue weighted by atomic mass is 32.1. The predicted molar refractivity (Wildman–Crippen MR) is 115 cm³/mol. The second-order valence-corrected chi connectivity index (χ2v) is 7.61. The summed E-state index contributed by atoms with van der Waals surface area (Å²) in [4.78, 5) is 0.896. The van der Waals surface area contributed by atoms with Crippen LogP contribution in [0.15, 0.2) is 89.5 Å². The molecule has 0 fully saturated rings. The summed E-state index contributed by atoms with van der Waals surface area (Å²) in [5, 5.41) is 32.1. The molecule has 3 N–H and O–H groups in total. The highest BCUT2D eigenvalue weighted by Crippen LogP contribution is 2.25. The lowest BCUT2D eigenvalue weighted by atomic mass is 10.1. The Morgan fingerprint density at radius 3 is 2.41 bits per heavy atom. The first-order valence-electron chi connectivity index (χ1n) is 9.41. The molecule has 3 rings (SSSR count). The molecule has 0 saturated heterocycles. The molecular formula is C24H24O4S. The van der Waals surface area contributed by atoms with E-state index in [2.05, 4.69) is 5.73 Å². The number of phenols is 1. The number of hydrogen-bond acceptors (Lipinski definition) is 5. The van der Waals surface area contributed by atoms with Crippen LogP contribution in [-0.4, -0.2) is 21.9 Å². The summed E-state index contributed by atoms with van der Waals surface area (Å²) < 4.78 is 5.82. The predicted octanol–water partition coefficient (Wildman–Crippen LogP) is 5.16. The van der Waals surface area contributed by atoms with Gasteiger partial charge in [-0.15, -0.1) is 17.1 Å². The highest BCUT2D eigenvalue weighted by Gasteiger charge is 2.12. The van der Waals surface area contributed by atoms with E-state index in [1.165, 1.54) is 11.3 Å². The maximum atomic E-state index is 10.5. The third-order valence-electron chi connectivity index (χ3n) is 4.39. The van der Waals surface area contributed by atoms with E-state index in [1.54, 1.807) is 30.3 Å². The Hall–Kier alpha value is -2.82. The van der Waals surface area contributed by atoms with E-state index in [4.69, 9.17) is 4.74 Å². The molecule has 5 heteroatoms. The van der Waals surface area contributed by atoms with Crippen LogP contribution in [-0.2, 0) is 0 Å². The van der Waals surface area contributed by atoms with Gasteiger partial charge in [0.25, 0.3) is 0 Å². The van der Waals surface area contributed by atoms with E-state index in [1.807, 2.05) is 47.8 Å². The van der Waals surface area contributed by atoms with Gasteiger partial charge in [0.1, 0.15) is 18.1 Å². The van der Waals surface area contributed by atoms with Crippen molar-refractivity contribution in [2.45, 2.75) is 25.0 Å². The van der Waals surface area contributed by atoms with Crippen molar-refractivity contribution in [2.24, 2.45) is 0 Å². The molecule has 0 saturated carbocycles. The normalized spacial score (nSPS) is 12.6. The van der Waals surface area contributed by atoms with Gasteiger partial charge >= 0.3 is 0 Å². The van der Waals surface area contributed by atoms with Gasteiger partial charge in [-0.3, -0.25) is 0 Å². The summed E-state index contributed by atoms with van der Waals surface area (Å²) in [5.74, 6) is 0.917. The van der Waals surface area contributed by atoms with Crippen molar-refractivity contribution in [2.75, 3.05) is 6.61 Å². The molecule has 4 nitrogen and oxygen atoms in total. The summed E-state index contributed by atoms with van der Waals surface area (Å²) in [7, 11) is 0. The van der Waals surface area contributed by atoms with E-state index < -0.39 is 12.2 Å². The van der Waals surface area contributed by atoms with Crippen LogP contribution in [0.1, 0.15) is 35.5 Å². The molecule has 0 aliphatic heterocycles. The van der Waals surface area contributed by atoms with Crippen LogP contribution in [0.2, 0.25) is 0 Å². The maximum absolute atomic E-state index is 10.5. The number of hydrogen-bond donors (Lipinski definition) is 3. The molecule has 29 heavy (non-hydrogen) atoms. The van der Waals surface area contributed by atoms with Gasteiger partial charge < -0.3 is 20.1 Å². The van der Waals surface area contributed by atoms with Gasteiger partial charge in [0.2, 0.25) is 0 Å². The summed E-state index contributed by atoms with van der Waals surface area (Å²) in [5.41, 5.74) is 4.73. The fraction of sp³-hybridized carbons (Fsp3) is 0.208. The number of benzene rings is 2. The van der Waals surface area contributed by atoms with Gasteiger partial charge in [0.15, 0.2) is 0 Å². The zero-order valence-electron chi connectivity index (χ0n) is 15.9. The highest BCUT2D eigenvalue weighted by molar-refractivity contribution is 7.10. The van der Waals surface area contributed by atoms with Crippen molar-refractivity contribution < 1.29 is 20.1 Å². The van der Waals surface area contributed by atoms with Crippen molar-refractivity contribution in [3.05, 3.63) is 99.9 Å². The standard InChI is InChI=1S/C24H24O4S/c25-20-13-11-19(12-14-20)22(26)9-4-6-18(16-23(27)24-10-5-15-29-24)17-28-21-7-2-1-3-8-21/h1-5,7-8,10-15,22-23,25-27H,9,16-17H2/t6?,22-,23-/m1/s1. The molecule has 2 aromatic carbocycles. The minimum Gasteiger partial charge on any atom is -0.508 e. The minimum absolute atomic E-state index is 0.166. The SMILES string of the molecule is Oc1ccc([C@H](O)CC=C=C(COc2ccccc2)C[C@@H](O)c2cccs2)cc1. The van der Waals surface area contributed by atoms with Crippen molar-refractivity contribution in [3.8, 4) is 11.5 Å². The van der Waals surface area contributed by atoms with Gasteiger partial charge in [-0.25, -0.2) is 0 Å². The summed E-state index contributed by atoms with van der Waals surface area (Å²) in [6.07, 6.45) is 1.23. The van der Waals surface area contributed by atoms with E-state index in [9.17, 15) is 15.3 Å². The zero-order valence-corrected chi connectivity index (χ0v) is 16.8. The van der Waals surface area contributed by atoms with Crippen LogP contribution >= 0.6 is 11.3 Å². The second kappa shape index (κ2) is 10.6. The average molecular weight is 409 g/mol. The van der Waals surface area contributed by atoms with Crippen molar-refractivity contribution in [1.29, 1.82) is 0 Å². The smallest absolute Gasteiger partial charge is 0.119 e. The molecule has 150 valence electrons. The number of ether oxygens (including phenoxy) is 1. The molecule has 0 amide bonds. The lowest BCUT2D eigenvalue weighted by Gasteiger charge is -2.12. The van der Waals surface area contributed by atoms with Gasteiger partial charge in [-0.2, -0.15) is 0 Å². The molecule has 0 aliphatic rings. The van der Waals surface area contributed by atoms with Crippen LogP contribution in [0.25, 0.3) is 0 Å². The number of thiophene rings is 1. The summed E-state index contributed by atoms with van der Waals surface area (Å²) in [6.45, 7) is 0.304. The molecule has 0 unspecified atom stereocenters. The van der Waals surface area contributed by atoms with Gasteiger partial charge in [0, 0.05) is 23.3 Å². The van der Waals surface area contributed by atoms with Crippen LogP contribution in [0.4, 0.5) is 0 Å². The fourth-order valence-electron chi connectivity index (χ4n) is 2.81. The summed E-state index contributed by atoms with van der Waals surface area (Å²) in [6, 6.07) is 19.8. The lowest BCUT2D eigenvalue weighted by molar-refractivity contribution is 0.177. The topological polar surface area (TPSA) is 69.9 Å². The Kier molecular flexibility index (Phi) is 7.68. The molecule has 2 atom stereocenters. The minimum atomic E-state index is -0.693. The molecule has 1 heterocycles. The van der Waals surface area contributed by atoms with Crippen molar-refractivity contribution in [1.82, 2.24) is 0 Å². The lowest BCUT2D eigenvalue weighted by Crippen LogP contribution is -2.05. The molecule has 3 aromatic rings. The number of aliphatic hydroxyl groups is 2. The molecule has 0 spiro atoms. The van der Waals surface area contributed by atoms with Crippen LogP contribution < -0.4 is 4.74 Å². The van der Waals surface area contributed by atoms with Crippen LogP contribution in [0.5, 0.6) is 11.5 Å². The van der Waals surface area contributed by atoms with Gasteiger partial charge in [-0.1, -0.05) is 36.4 Å². The van der Waals surface area contributed by atoms with Gasteiger partial charge in [-0.05, 0) is 47.4 Å².